The third kappa shape index (κ3) is 4.98. The van der Waals surface area contributed by atoms with Crippen LogP contribution in [0.15, 0.2) is 24.3 Å². The number of nitrogens with one attached hydrogen (secondary N) is 1. The van der Waals surface area contributed by atoms with Gasteiger partial charge in [-0.1, -0.05) is 6.07 Å². The molecule has 1 aromatic rings. The molecule has 0 aliphatic carbocycles. The molecule has 0 heterocycles. The van der Waals surface area contributed by atoms with E-state index in [4.69, 9.17) is 10.4 Å². The molecule has 0 bridgehead atoms. The number of carbonyl (C=O) groups is 1. The van der Waals surface area contributed by atoms with Crippen LogP contribution in [-0.2, 0) is 21.4 Å². The maximum atomic E-state index is 13.6. The summed E-state index contributed by atoms with van der Waals surface area (Å²) in [6.45, 7) is 0.889. The van der Waals surface area contributed by atoms with E-state index in [9.17, 15) is 17.6 Å². The van der Waals surface area contributed by atoms with Crippen molar-refractivity contribution in [2.75, 3.05) is 0 Å². The van der Waals surface area contributed by atoms with Gasteiger partial charge in [-0.05, 0) is 30.7 Å². The topological polar surface area (TPSA) is 107 Å². The molecule has 0 saturated carbocycles. The summed E-state index contributed by atoms with van der Waals surface area (Å²) in [5, 5.41) is 15.8. The summed E-state index contributed by atoms with van der Waals surface area (Å²) in [6, 6.07) is 5.38. The molecule has 2 N–H and O–H groups in total. The Hall–Kier alpha value is -2.24. The first-order chi connectivity index (χ1) is 9.76. The normalized spacial score (nSPS) is 13.0. The lowest BCUT2D eigenvalue weighted by Gasteiger charge is -2.09. The summed E-state index contributed by atoms with van der Waals surface area (Å²) in [4.78, 5) is 10.4. The van der Waals surface area contributed by atoms with Crippen LogP contribution < -0.4 is 4.72 Å². The fourth-order valence-corrected chi connectivity index (χ4v) is 2.12. The van der Waals surface area contributed by atoms with Crippen LogP contribution in [-0.4, -0.2) is 24.7 Å². The Labute approximate surface area is 121 Å². The van der Waals surface area contributed by atoms with E-state index >= 15 is 0 Å². The molecule has 0 amide bonds. The maximum absolute atomic E-state index is 13.6. The Kier molecular flexibility index (Phi) is 5.58. The number of carboxylic acids is 1. The van der Waals surface area contributed by atoms with Gasteiger partial charge in [-0.3, -0.25) is 0 Å². The van der Waals surface area contributed by atoms with Crippen LogP contribution in [0, 0.1) is 17.1 Å². The van der Waals surface area contributed by atoms with Crippen LogP contribution in [0.4, 0.5) is 4.39 Å². The van der Waals surface area contributed by atoms with Crippen LogP contribution in [0.5, 0.6) is 0 Å². The number of aliphatic carboxylic acids is 1. The molecule has 0 spiro atoms. The van der Waals surface area contributed by atoms with Crippen molar-refractivity contribution in [3.05, 3.63) is 41.2 Å². The smallest absolute Gasteiger partial charge is 0.328 e. The molecule has 0 radical (unpaired) electrons. The van der Waals surface area contributed by atoms with Crippen molar-refractivity contribution >= 4 is 22.1 Å². The van der Waals surface area contributed by atoms with E-state index in [-0.39, 0.29) is 12.1 Å². The minimum absolute atomic E-state index is 0.0521. The molecule has 0 fully saturated rings. The van der Waals surface area contributed by atoms with E-state index in [0.29, 0.717) is 5.56 Å². The number of carboxylic acid groups (broad SMARTS) is 1. The Morgan fingerprint density at radius 2 is 2.24 bits per heavy atom. The van der Waals surface area contributed by atoms with Crippen LogP contribution >= 0.6 is 0 Å². The van der Waals surface area contributed by atoms with Crippen molar-refractivity contribution in [1.29, 1.82) is 5.26 Å². The Bertz CT molecular complexity index is 707. The van der Waals surface area contributed by atoms with Crippen LogP contribution in [0.2, 0.25) is 0 Å². The highest BCUT2D eigenvalue weighted by atomic mass is 32.2. The molecule has 1 rings (SSSR count). The third-order valence-corrected chi connectivity index (χ3v) is 4.18. The molecule has 0 aliphatic heterocycles. The zero-order chi connectivity index (χ0) is 16.0. The second kappa shape index (κ2) is 6.97. The zero-order valence-electron chi connectivity index (χ0n) is 11.1. The lowest BCUT2D eigenvalue weighted by atomic mass is 10.1. The largest absolute Gasteiger partial charge is 0.478 e. The molecule has 0 aliphatic rings. The summed E-state index contributed by atoms with van der Waals surface area (Å²) in [7, 11) is -3.85. The number of hydrogen-bond acceptors (Lipinski definition) is 4. The molecule has 21 heavy (non-hydrogen) atoms. The number of halogens is 1. The second-order valence-corrected chi connectivity index (χ2v) is 6.25. The first-order valence-corrected chi connectivity index (χ1v) is 7.38. The summed E-state index contributed by atoms with van der Waals surface area (Å²) in [6.07, 6.45) is 2.15. The Balaban J connectivity index is 2.92. The van der Waals surface area contributed by atoms with Crippen LogP contribution in [0.1, 0.15) is 18.1 Å². The van der Waals surface area contributed by atoms with Gasteiger partial charge in [0.15, 0.2) is 5.25 Å². The van der Waals surface area contributed by atoms with Gasteiger partial charge in [-0.2, -0.15) is 5.26 Å². The van der Waals surface area contributed by atoms with E-state index in [1.165, 1.54) is 25.1 Å². The molecule has 1 aromatic carbocycles. The summed E-state index contributed by atoms with van der Waals surface area (Å²) in [5.74, 6) is -1.78. The van der Waals surface area contributed by atoms with Crippen molar-refractivity contribution in [2.24, 2.45) is 0 Å². The highest BCUT2D eigenvalue weighted by molar-refractivity contribution is 7.90. The van der Waals surface area contributed by atoms with E-state index in [2.05, 4.69) is 4.72 Å². The van der Waals surface area contributed by atoms with E-state index in [1.54, 1.807) is 6.07 Å². The van der Waals surface area contributed by atoms with Gasteiger partial charge in [0.05, 0.1) is 6.07 Å². The van der Waals surface area contributed by atoms with Crippen molar-refractivity contribution in [3.8, 4) is 6.07 Å². The molecule has 8 heteroatoms. The van der Waals surface area contributed by atoms with E-state index < -0.39 is 27.1 Å². The summed E-state index contributed by atoms with van der Waals surface area (Å²) < 4.78 is 38.9. The minimum Gasteiger partial charge on any atom is -0.478 e. The average molecular weight is 312 g/mol. The minimum atomic E-state index is -3.85. The first-order valence-electron chi connectivity index (χ1n) is 5.84. The number of nitrogens with zero attached hydrogens (tertiary/aromatic N) is 1. The summed E-state index contributed by atoms with van der Waals surface area (Å²) in [5.41, 5.74) is 0.470. The number of rotatable bonds is 6. The molecule has 0 aromatic heterocycles. The van der Waals surface area contributed by atoms with E-state index in [0.717, 1.165) is 12.1 Å². The fourth-order valence-electron chi connectivity index (χ4n) is 1.37. The number of benzene rings is 1. The molecule has 6 nitrogen and oxygen atoms in total. The van der Waals surface area contributed by atoms with Gasteiger partial charge in [-0.15, -0.1) is 0 Å². The Morgan fingerprint density at radius 1 is 1.57 bits per heavy atom. The van der Waals surface area contributed by atoms with Gasteiger partial charge in [0.2, 0.25) is 10.0 Å². The predicted octanol–water partition coefficient (Wildman–Crippen LogP) is 1.25. The van der Waals surface area contributed by atoms with Crippen molar-refractivity contribution in [1.82, 2.24) is 4.72 Å². The van der Waals surface area contributed by atoms with Crippen molar-refractivity contribution in [3.63, 3.8) is 0 Å². The quantitative estimate of drug-likeness (QED) is 0.769. The standard InChI is InChI=1S/C13H13FN2O4S/c1-9(7-15)21(19,20)16-8-11-6-10(2-4-12(11)14)3-5-13(17)18/h2-6,9,16H,8H2,1H3,(H,17,18). The molecular formula is C13H13FN2O4S. The van der Waals surface area contributed by atoms with Gasteiger partial charge in [0.1, 0.15) is 5.82 Å². The lowest BCUT2D eigenvalue weighted by Crippen LogP contribution is -2.31. The van der Waals surface area contributed by atoms with Crippen LogP contribution in [0.3, 0.4) is 0 Å². The SMILES string of the molecule is CC(C#N)S(=O)(=O)NCc1cc(C=CC(=O)O)ccc1F. The highest BCUT2D eigenvalue weighted by Gasteiger charge is 2.19. The fraction of sp³-hybridized carbons (Fsp3) is 0.231. The third-order valence-electron chi connectivity index (χ3n) is 2.60. The average Bonchev–Trinajstić information content (AvgIpc) is 2.43. The predicted molar refractivity (Wildman–Crippen MR) is 73.9 cm³/mol. The van der Waals surface area contributed by atoms with Gasteiger partial charge in [-0.25, -0.2) is 22.3 Å². The molecule has 112 valence electrons. The van der Waals surface area contributed by atoms with Gasteiger partial charge in [0.25, 0.3) is 0 Å². The van der Waals surface area contributed by atoms with Gasteiger partial charge in [0, 0.05) is 18.2 Å². The maximum Gasteiger partial charge on any atom is 0.328 e. The Morgan fingerprint density at radius 3 is 2.81 bits per heavy atom. The van der Waals surface area contributed by atoms with Crippen molar-refractivity contribution in [2.45, 2.75) is 18.7 Å². The number of nitriles is 1. The number of sulfonamides is 1. The molecule has 1 atom stereocenters. The molecule has 0 saturated heterocycles. The zero-order valence-corrected chi connectivity index (χ0v) is 11.9. The summed E-state index contributed by atoms with van der Waals surface area (Å²) >= 11 is 0. The molecule has 1 unspecified atom stereocenters. The highest BCUT2D eigenvalue weighted by Crippen LogP contribution is 2.13. The monoisotopic (exact) mass is 312 g/mol. The lowest BCUT2D eigenvalue weighted by molar-refractivity contribution is -0.131. The van der Waals surface area contributed by atoms with Crippen molar-refractivity contribution < 1.29 is 22.7 Å². The van der Waals surface area contributed by atoms with Crippen LogP contribution in [0.25, 0.3) is 6.08 Å². The van der Waals surface area contributed by atoms with Gasteiger partial charge < -0.3 is 5.11 Å². The van der Waals surface area contributed by atoms with E-state index in [1.807, 2.05) is 0 Å². The van der Waals surface area contributed by atoms with Gasteiger partial charge >= 0.3 is 5.97 Å². The first kappa shape index (κ1) is 16.8. The second-order valence-electron chi connectivity index (χ2n) is 4.16. The molecular weight excluding hydrogens is 299 g/mol. The number of hydrogen-bond donors (Lipinski definition) is 2.